The molecule has 25 heavy (non-hydrogen) atoms. The Labute approximate surface area is 154 Å². The molecule has 0 fully saturated rings. The first-order valence-electron chi connectivity index (χ1n) is 7.79. The zero-order valence-electron chi connectivity index (χ0n) is 14.2. The summed E-state index contributed by atoms with van der Waals surface area (Å²) in [5, 5.41) is 15.3. The molecule has 0 aliphatic carbocycles. The first kappa shape index (κ1) is 17.6. The van der Waals surface area contributed by atoms with Gasteiger partial charge in [0.2, 0.25) is 11.1 Å². The van der Waals surface area contributed by atoms with Gasteiger partial charge in [0.15, 0.2) is 5.13 Å². The number of aryl methyl sites for hydroxylation is 1. The van der Waals surface area contributed by atoms with Crippen molar-refractivity contribution in [1.82, 2.24) is 25.2 Å². The molecule has 0 aliphatic rings. The van der Waals surface area contributed by atoms with Gasteiger partial charge in [-0.15, -0.1) is 16.4 Å². The number of rotatable bonds is 6. The average Bonchev–Trinajstić information content (AvgIpc) is 3.23. The van der Waals surface area contributed by atoms with Gasteiger partial charge in [0.25, 0.3) is 0 Å². The maximum atomic E-state index is 11.6. The second-order valence-corrected chi connectivity index (χ2v) is 7.16. The van der Waals surface area contributed by atoms with Gasteiger partial charge in [0.1, 0.15) is 0 Å². The molecule has 7 nitrogen and oxygen atoms in total. The number of carbonyl (C=O) groups excluding carboxylic acids is 1. The van der Waals surface area contributed by atoms with E-state index in [0.717, 1.165) is 16.5 Å². The number of hydrogen-bond acceptors (Lipinski definition) is 7. The summed E-state index contributed by atoms with van der Waals surface area (Å²) in [5.74, 6) is 0.637. The minimum Gasteiger partial charge on any atom is -0.289 e. The van der Waals surface area contributed by atoms with Crippen LogP contribution >= 0.6 is 23.1 Å². The average molecular weight is 374 g/mol. The van der Waals surface area contributed by atoms with E-state index in [-0.39, 0.29) is 5.91 Å². The van der Waals surface area contributed by atoms with Crippen molar-refractivity contribution in [3.8, 4) is 5.69 Å². The SMILES string of the molecule is CCN(C(C)=O)c1nc(CSc2nnnn2-c2ccc(C)cc2)cs1. The van der Waals surface area contributed by atoms with Crippen LogP contribution in [0.4, 0.5) is 5.13 Å². The first-order chi connectivity index (χ1) is 12.1. The van der Waals surface area contributed by atoms with Gasteiger partial charge < -0.3 is 0 Å². The van der Waals surface area contributed by atoms with Crippen molar-refractivity contribution >= 4 is 34.1 Å². The van der Waals surface area contributed by atoms with Gasteiger partial charge in [-0.05, 0) is 36.4 Å². The molecule has 0 saturated carbocycles. The second-order valence-electron chi connectivity index (χ2n) is 5.38. The minimum atomic E-state index is -0.000586. The van der Waals surface area contributed by atoms with Crippen molar-refractivity contribution in [2.75, 3.05) is 11.4 Å². The lowest BCUT2D eigenvalue weighted by atomic mass is 10.2. The molecule has 2 heterocycles. The Morgan fingerprint density at radius 1 is 1.32 bits per heavy atom. The summed E-state index contributed by atoms with van der Waals surface area (Å²) in [5.41, 5.74) is 3.01. The van der Waals surface area contributed by atoms with Crippen LogP contribution in [0.5, 0.6) is 0 Å². The first-order valence-corrected chi connectivity index (χ1v) is 9.65. The van der Waals surface area contributed by atoms with Gasteiger partial charge in [-0.2, -0.15) is 4.68 Å². The topological polar surface area (TPSA) is 76.8 Å². The summed E-state index contributed by atoms with van der Waals surface area (Å²) in [6, 6.07) is 8.03. The Morgan fingerprint density at radius 3 is 2.76 bits per heavy atom. The number of carbonyl (C=O) groups is 1. The number of hydrogen-bond donors (Lipinski definition) is 0. The quantitative estimate of drug-likeness (QED) is 0.617. The molecule has 3 aromatic rings. The summed E-state index contributed by atoms with van der Waals surface area (Å²) in [6.45, 7) is 6.14. The third-order valence-electron chi connectivity index (χ3n) is 3.54. The van der Waals surface area contributed by atoms with E-state index < -0.39 is 0 Å². The fourth-order valence-electron chi connectivity index (χ4n) is 2.23. The highest BCUT2D eigenvalue weighted by Crippen LogP contribution is 2.26. The van der Waals surface area contributed by atoms with Crippen LogP contribution < -0.4 is 4.90 Å². The maximum absolute atomic E-state index is 11.6. The van der Waals surface area contributed by atoms with Crippen molar-refractivity contribution < 1.29 is 4.79 Å². The molecule has 3 rings (SSSR count). The van der Waals surface area contributed by atoms with E-state index in [2.05, 4.69) is 20.5 Å². The fourth-order valence-corrected chi connectivity index (χ4v) is 4.06. The molecule has 0 bridgehead atoms. The predicted octanol–water partition coefficient (Wildman–Crippen LogP) is 3.09. The van der Waals surface area contributed by atoms with Gasteiger partial charge in [-0.3, -0.25) is 9.69 Å². The number of thioether (sulfide) groups is 1. The normalized spacial score (nSPS) is 10.8. The lowest BCUT2D eigenvalue weighted by Gasteiger charge is -2.14. The lowest BCUT2D eigenvalue weighted by Crippen LogP contribution is -2.27. The van der Waals surface area contributed by atoms with Crippen molar-refractivity contribution in [2.45, 2.75) is 31.7 Å². The summed E-state index contributed by atoms with van der Waals surface area (Å²) < 4.78 is 1.71. The van der Waals surface area contributed by atoms with Crippen molar-refractivity contribution in [3.63, 3.8) is 0 Å². The number of thiazole rings is 1. The molecule has 0 spiro atoms. The summed E-state index contributed by atoms with van der Waals surface area (Å²) in [4.78, 5) is 17.8. The molecule has 1 amide bonds. The molecule has 1 aromatic carbocycles. The Morgan fingerprint density at radius 2 is 2.08 bits per heavy atom. The summed E-state index contributed by atoms with van der Waals surface area (Å²) >= 11 is 2.99. The number of anilines is 1. The van der Waals surface area contributed by atoms with Gasteiger partial charge in [0.05, 0.1) is 11.4 Å². The molecule has 0 N–H and O–H groups in total. The Kier molecular flexibility index (Phi) is 5.44. The minimum absolute atomic E-state index is 0.000586. The highest BCUT2D eigenvalue weighted by Gasteiger charge is 2.15. The Bertz CT molecular complexity index is 858. The molecule has 9 heteroatoms. The fraction of sp³-hybridized carbons (Fsp3) is 0.312. The van der Waals surface area contributed by atoms with Crippen molar-refractivity contribution in [1.29, 1.82) is 0 Å². The Hall–Kier alpha value is -2.26. The van der Waals surface area contributed by atoms with E-state index in [1.54, 1.807) is 16.5 Å². The van der Waals surface area contributed by atoms with Gasteiger partial charge >= 0.3 is 0 Å². The van der Waals surface area contributed by atoms with E-state index in [0.29, 0.717) is 17.5 Å². The highest BCUT2D eigenvalue weighted by molar-refractivity contribution is 7.98. The molecular weight excluding hydrogens is 356 g/mol. The van der Waals surface area contributed by atoms with Crippen LogP contribution in [-0.2, 0) is 10.5 Å². The van der Waals surface area contributed by atoms with Crippen LogP contribution in [0.1, 0.15) is 25.1 Å². The molecule has 0 atom stereocenters. The monoisotopic (exact) mass is 374 g/mol. The van der Waals surface area contributed by atoms with Gasteiger partial charge in [-0.1, -0.05) is 29.5 Å². The summed E-state index contributed by atoms with van der Waals surface area (Å²) in [6.07, 6.45) is 0. The zero-order chi connectivity index (χ0) is 17.8. The van der Waals surface area contributed by atoms with Crippen LogP contribution in [0.25, 0.3) is 5.69 Å². The molecule has 0 unspecified atom stereocenters. The standard InChI is InChI=1S/C16H18N6OS2/c1-4-21(12(3)23)15-17-13(9-24-15)10-25-16-18-19-20-22(16)14-7-5-11(2)6-8-14/h5-9H,4,10H2,1-3H3. The summed E-state index contributed by atoms with van der Waals surface area (Å²) in [7, 11) is 0. The van der Waals surface area contributed by atoms with E-state index in [1.807, 2.05) is 43.5 Å². The third kappa shape index (κ3) is 4.05. The third-order valence-corrected chi connectivity index (χ3v) is 5.40. The molecular formula is C16H18N6OS2. The number of benzene rings is 1. The highest BCUT2D eigenvalue weighted by atomic mass is 32.2. The van der Waals surface area contributed by atoms with Crippen LogP contribution in [0.3, 0.4) is 0 Å². The van der Waals surface area contributed by atoms with Crippen molar-refractivity contribution in [3.05, 3.63) is 40.9 Å². The van der Waals surface area contributed by atoms with E-state index in [4.69, 9.17) is 0 Å². The van der Waals surface area contributed by atoms with E-state index >= 15 is 0 Å². The number of tetrazole rings is 1. The van der Waals surface area contributed by atoms with Crippen LogP contribution in [0.15, 0.2) is 34.8 Å². The van der Waals surface area contributed by atoms with E-state index in [9.17, 15) is 4.79 Å². The lowest BCUT2D eigenvalue weighted by molar-refractivity contribution is -0.116. The van der Waals surface area contributed by atoms with E-state index in [1.165, 1.54) is 28.7 Å². The zero-order valence-corrected chi connectivity index (χ0v) is 15.8. The largest absolute Gasteiger partial charge is 0.289 e. The number of amides is 1. The van der Waals surface area contributed by atoms with Crippen molar-refractivity contribution in [2.24, 2.45) is 0 Å². The van der Waals surface area contributed by atoms with Crippen LogP contribution in [0, 0.1) is 6.92 Å². The van der Waals surface area contributed by atoms with Gasteiger partial charge in [0, 0.05) is 24.6 Å². The number of nitrogens with zero attached hydrogens (tertiary/aromatic N) is 6. The maximum Gasteiger partial charge on any atom is 0.225 e. The predicted molar refractivity (Wildman–Crippen MR) is 99.3 cm³/mol. The molecule has 2 aromatic heterocycles. The molecule has 0 radical (unpaired) electrons. The Balaban J connectivity index is 1.71. The smallest absolute Gasteiger partial charge is 0.225 e. The molecule has 0 saturated heterocycles. The van der Waals surface area contributed by atoms with Gasteiger partial charge in [-0.25, -0.2) is 4.98 Å². The van der Waals surface area contributed by atoms with Crippen LogP contribution in [-0.4, -0.2) is 37.6 Å². The number of aromatic nitrogens is 5. The molecule has 130 valence electrons. The second kappa shape index (κ2) is 7.75. The van der Waals surface area contributed by atoms with Crippen LogP contribution in [0.2, 0.25) is 0 Å². The molecule has 0 aliphatic heterocycles.